The molecule has 2 amide bonds. The van der Waals surface area contributed by atoms with Gasteiger partial charge in [-0.05, 0) is 59.2 Å². The summed E-state index contributed by atoms with van der Waals surface area (Å²) < 4.78 is 20.8. The van der Waals surface area contributed by atoms with Crippen LogP contribution in [0.4, 0.5) is 14.9 Å². The molecule has 4 rings (SSSR count). The lowest BCUT2D eigenvalue weighted by molar-refractivity contribution is 0.194. The summed E-state index contributed by atoms with van der Waals surface area (Å²) in [6.07, 6.45) is 3.12. The van der Waals surface area contributed by atoms with Crippen LogP contribution in [0.5, 0.6) is 5.75 Å². The summed E-state index contributed by atoms with van der Waals surface area (Å²) in [5, 5.41) is 11.4. The lowest BCUT2D eigenvalue weighted by Gasteiger charge is -2.36. The summed E-state index contributed by atoms with van der Waals surface area (Å²) in [5.74, 6) is 0.334. The molecule has 3 aromatic rings. The van der Waals surface area contributed by atoms with Gasteiger partial charge in [0.25, 0.3) is 0 Å². The predicted octanol–water partition coefficient (Wildman–Crippen LogP) is 2.57. The molecular formula is C22H26FN7O2. The van der Waals surface area contributed by atoms with E-state index >= 15 is 0 Å². The number of anilines is 1. The predicted molar refractivity (Wildman–Crippen MR) is 117 cm³/mol. The molecule has 1 aliphatic carbocycles. The van der Waals surface area contributed by atoms with Crippen LogP contribution in [0.1, 0.15) is 24.3 Å². The zero-order chi connectivity index (χ0) is 22.8. The van der Waals surface area contributed by atoms with Gasteiger partial charge in [-0.3, -0.25) is 0 Å². The Balaban J connectivity index is 1.74. The number of amides is 2. The number of tetrazole rings is 1. The number of primary amides is 1. The van der Waals surface area contributed by atoms with Crippen LogP contribution in [-0.2, 0) is 0 Å². The van der Waals surface area contributed by atoms with E-state index in [1.165, 1.54) is 18.5 Å². The van der Waals surface area contributed by atoms with Crippen molar-refractivity contribution < 1.29 is 13.9 Å². The van der Waals surface area contributed by atoms with E-state index in [1.54, 1.807) is 35.9 Å². The molecule has 3 unspecified atom stereocenters. The smallest absolute Gasteiger partial charge is 0.314 e. The lowest BCUT2D eigenvalue weighted by atomic mass is 9.89. The molecule has 0 saturated heterocycles. The average molecular weight is 439 g/mol. The second kappa shape index (κ2) is 8.81. The van der Waals surface area contributed by atoms with Gasteiger partial charge < -0.3 is 20.3 Å². The Labute approximate surface area is 185 Å². The second-order valence-corrected chi connectivity index (χ2v) is 7.96. The maximum Gasteiger partial charge on any atom is 0.314 e. The van der Waals surface area contributed by atoms with Crippen LogP contribution >= 0.6 is 0 Å². The zero-order valence-corrected chi connectivity index (χ0v) is 18.2. The average Bonchev–Trinajstić information content (AvgIpc) is 3.48. The van der Waals surface area contributed by atoms with Crippen molar-refractivity contribution in [3.63, 3.8) is 0 Å². The number of nitrogens with two attached hydrogens (primary N) is 1. The van der Waals surface area contributed by atoms with E-state index in [0.717, 1.165) is 29.8 Å². The molecule has 32 heavy (non-hydrogen) atoms. The molecule has 1 fully saturated rings. The molecule has 1 heterocycles. The molecule has 1 aliphatic rings. The van der Waals surface area contributed by atoms with Crippen molar-refractivity contribution in [2.45, 2.75) is 30.8 Å². The number of hydrogen-bond acceptors (Lipinski definition) is 6. The number of nitrogens with zero attached hydrogens (tertiary/aromatic N) is 6. The van der Waals surface area contributed by atoms with Gasteiger partial charge in [0.1, 0.15) is 17.9 Å². The molecule has 0 bridgehead atoms. The highest BCUT2D eigenvalue weighted by Crippen LogP contribution is 2.43. The molecular weight excluding hydrogens is 413 g/mol. The Morgan fingerprint density at radius 1 is 1.16 bits per heavy atom. The highest BCUT2D eigenvalue weighted by molar-refractivity contribution is 5.72. The normalized spacial score (nSPS) is 20.2. The van der Waals surface area contributed by atoms with E-state index < -0.39 is 6.03 Å². The molecule has 0 spiro atoms. The fourth-order valence-electron chi connectivity index (χ4n) is 4.67. The standard InChI is InChI=1S/C22H26FN7O2/c1-28(19-12-16(8-11-20(19)32-3)30-13-25-26-27-30)17-9-10-18(29(2)22(24)31)21(17)14-4-6-15(23)7-5-14/h4-8,11-13,17-18,21H,9-10H2,1-3H3,(H2,24,31). The third-order valence-electron chi connectivity index (χ3n) is 6.34. The fraction of sp³-hybridized carbons (Fsp3) is 0.364. The topological polar surface area (TPSA) is 102 Å². The number of hydrogen-bond donors (Lipinski definition) is 1. The van der Waals surface area contributed by atoms with Crippen molar-refractivity contribution in [3.8, 4) is 11.4 Å². The molecule has 10 heteroatoms. The Hall–Kier alpha value is -3.69. The number of likely N-dealkylation sites (N-methyl/N-ethyl adjacent to an activating group) is 2. The summed E-state index contributed by atoms with van der Waals surface area (Å²) in [6, 6.07) is 11.6. The lowest BCUT2D eigenvalue weighted by Crippen LogP contribution is -2.45. The SMILES string of the molecule is COc1ccc(-n2cnnn2)cc1N(C)C1CCC(N(C)C(N)=O)C1c1ccc(F)cc1. The first-order valence-corrected chi connectivity index (χ1v) is 10.3. The van der Waals surface area contributed by atoms with Crippen LogP contribution in [0.25, 0.3) is 5.69 Å². The molecule has 9 nitrogen and oxygen atoms in total. The minimum atomic E-state index is -0.483. The van der Waals surface area contributed by atoms with E-state index in [-0.39, 0.29) is 23.8 Å². The summed E-state index contributed by atoms with van der Waals surface area (Å²) >= 11 is 0. The highest BCUT2D eigenvalue weighted by atomic mass is 19.1. The Morgan fingerprint density at radius 2 is 1.88 bits per heavy atom. The molecule has 2 aromatic carbocycles. The van der Waals surface area contributed by atoms with Crippen LogP contribution in [-0.4, -0.2) is 64.4 Å². The van der Waals surface area contributed by atoms with Crippen molar-refractivity contribution in [1.82, 2.24) is 25.1 Å². The third kappa shape index (κ3) is 3.95. The summed E-state index contributed by atoms with van der Waals surface area (Å²) in [6.45, 7) is 0. The second-order valence-electron chi connectivity index (χ2n) is 7.96. The number of urea groups is 1. The van der Waals surface area contributed by atoms with Crippen LogP contribution < -0.4 is 15.4 Å². The van der Waals surface area contributed by atoms with Gasteiger partial charge in [0.15, 0.2) is 0 Å². The molecule has 168 valence electrons. The quantitative estimate of drug-likeness (QED) is 0.633. The van der Waals surface area contributed by atoms with E-state index in [1.807, 2.05) is 25.2 Å². The molecule has 1 aromatic heterocycles. The first-order valence-electron chi connectivity index (χ1n) is 10.3. The van der Waals surface area contributed by atoms with Gasteiger partial charge in [-0.2, -0.15) is 0 Å². The van der Waals surface area contributed by atoms with Crippen LogP contribution in [0.3, 0.4) is 0 Å². The van der Waals surface area contributed by atoms with E-state index in [4.69, 9.17) is 10.5 Å². The first kappa shape index (κ1) is 21.5. The number of ether oxygens (including phenoxy) is 1. The van der Waals surface area contributed by atoms with E-state index in [0.29, 0.717) is 5.75 Å². The van der Waals surface area contributed by atoms with Gasteiger partial charge in [0.2, 0.25) is 0 Å². The van der Waals surface area contributed by atoms with Crippen molar-refractivity contribution in [1.29, 1.82) is 0 Å². The number of carbonyl (C=O) groups excluding carboxylic acids is 1. The third-order valence-corrected chi connectivity index (χ3v) is 6.34. The number of methoxy groups -OCH3 is 1. The van der Waals surface area contributed by atoms with Crippen molar-refractivity contribution in [2.75, 3.05) is 26.1 Å². The fourth-order valence-corrected chi connectivity index (χ4v) is 4.67. The van der Waals surface area contributed by atoms with Crippen LogP contribution in [0.2, 0.25) is 0 Å². The summed E-state index contributed by atoms with van der Waals surface area (Å²) in [7, 11) is 5.33. The molecule has 3 atom stereocenters. The van der Waals surface area contributed by atoms with Crippen LogP contribution in [0.15, 0.2) is 48.8 Å². The minimum Gasteiger partial charge on any atom is -0.495 e. The number of benzene rings is 2. The minimum absolute atomic E-state index is 0.0188. The Bertz CT molecular complexity index is 1070. The van der Waals surface area contributed by atoms with E-state index in [2.05, 4.69) is 20.4 Å². The zero-order valence-electron chi connectivity index (χ0n) is 18.2. The maximum absolute atomic E-state index is 13.6. The molecule has 0 radical (unpaired) electrons. The molecule has 2 N–H and O–H groups in total. The molecule has 0 aliphatic heterocycles. The first-order chi connectivity index (χ1) is 15.4. The van der Waals surface area contributed by atoms with Gasteiger partial charge in [0.05, 0.1) is 18.5 Å². The number of halogens is 1. The van der Waals surface area contributed by atoms with Crippen molar-refractivity contribution in [3.05, 3.63) is 60.2 Å². The molecule has 1 saturated carbocycles. The van der Waals surface area contributed by atoms with E-state index in [9.17, 15) is 9.18 Å². The number of aromatic nitrogens is 4. The van der Waals surface area contributed by atoms with Gasteiger partial charge in [-0.1, -0.05) is 12.1 Å². The Morgan fingerprint density at radius 3 is 2.50 bits per heavy atom. The maximum atomic E-state index is 13.6. The van der Waals surface area contributed by atoms with Crippen molar-refractivity contribution in [2.24, 2.45) is 5.73 Å². The van der Waals surface area contributed by atoms with Crippen LogP contribution in [0, 0.1) is 5.82 Å². The monoisotopic (exact) mass is 439 g/mol. The van der Waals surface area contributed by atoms with Crippen molar-refractivity contribution >= 4 is 11.7 Å². The number of carbonyl (C=O) groups is 1. The summed E-state index contributed by atoms with van der Waals surface area (Å²) in [4.78, 5) is 15.7. The van der Waals surface area contributed by atoms with Gasteiger partial charge in [-0.15, -0.1) is 5.10 Å². The highest BCUT2D eigenvalue weighted by Gasteiger charge is 2.42. The van der Waals surface area contributed by atoms with Gasteiger partial charge in [0, 0.05) is 32.1 Å². The van der Waals surface area contributed by atoms with Gasteiger partial charge >= 0.3 is 6.03 Å². The van der Waals surface area contributed by atoms with Gasteiger partial charge in [-0.25, -0.2) is 13.9 Å². The largest absolute Gasteiger partial charge is 0.495 e. The number of rotatable bonds is 6. The summed E-state index contributed by atoms with van der Waals surface area (Å²) in [5.41, 5.74) is 8.21. The Kier molecular flexibility index (Phi) is 5.93.